The highest BCUT2D eigenvalue weighted by Gasteiger charge is 2.35. The first kappa shape index (κ1) is 20.1. The van der Waals surface area contributed by atoms with Crippen LogP contribution in [-0.2, 0) is 9.59 Å². The van der Waals surface area contributed by atoms with Gasteiger partial charge in [0.2, 0.25) is 11.8 Å². The number of anilines is 1. The van der Waals surface area contributed by atoms with E-state index in [4.69, 9.17) is 11.6 Å². The van der Waals surface area contributed by atoms with Crippen LogP contribution in [0.4, 0.5) is 10.1 Å². The summed E-state index contributed by atoms with van der Waals surface area (Å²) in [7, 11) is 0. The lowest BCUT2D eigenvalue weighted by atomic mass is 9.99. The Hall–Kier alpha value is -1.66. The quantitative estimate of drug-likeness (QED) is 0.718. The molecule has 1 aromatic carbocycles. The van der Waals surface area contributed by atoms with Gasteiger partial charge in [0.15, 0.2) is 0 Å². The minimum atomic E-state index is -0.522. The van der Waals surface area contributed by atoms with Crippen LogP contribution in [0.2, 0.25) is 5.02 Å². The van der Waals surface area contributed by atoms with Crippen molar-refractivity contribution in [2.75, 3.05) is 37.6 Å². The number of hydrogen-bond acceptors (Lipinski definition) is 2. The van der Waals surface area contributed by atoms with E-state index in [2.05, 4.69) is 12.2 Å². The molecule has 0 spiro atoms. The van der Waals surface area contributed by atoms with Crippen LogP contribution in [0, 0.1) is 17.7 Å². The van der Waals surface area contributed by atoms with Gasteiger partial charge in [0.25, 0.3) is 0 Å². The summed E-state index contributed by atoms with van der Waals surface area (Å²) in [6.45, 7) is 6.79. The van der Waals surface area contributed by atoms with Crippen LogP contribution < -0.4 is 15.1 Å². The maximum Gasteiger partial charge on any atom is 0.227 e. The average molecular weight is 397 g/mol. The molecule has 2 N–H and O–H groups in total. The second-order valence-corrected chi connectivity index (χ2v) is 8.24. The molecule has 0 radical (unpaired) electrons. The van der Waals surface area contributed by atoms with Gasteiger partial charge in [-0.2, -0.15) is 0 Å². The van der Waals surface area contributed by atoms with E-state index in [-0.39, 0.29) is 29.2 Å². The van der Waals surface area contributed by atoms with Crippen molar-refractivity contribution >= 4 is 29.1 Å². The number of piperidine rings is 1. The molecule has 0 aliphatic carbocycles. The summed E-state index contributed by atoms with van der Waals surface area (Å²) in [5.41, 5.74) is 0.532. The zero-order chi connectivity index (χ0) is 19.4. The van der Waals surface area contributed by atoms with Crippen LogP contribution in [0.3, 0.4) is 0 Å². The first-order valence-electron chi connectivity index (χ1n) is 9.80. The van der Waals surface area contributed by atoms with Crippen molar-refractivity contribution in [3.63, 3.8) is 0 Å². The molecule has 2 saturated heterocycles. The Morgan fingerprint density at radius 1 is 1.37 bits per heavy atom. The smallest absolute Gasteiger partial charge is 0.227 e. The molecule has 7 heteroatoms. The van der Waals surface area contributed by atoms with E-state index in [0.717, 1.165) is 18.9 Å². The van der Waals surface area contributed by atoms with Crippen molar-refractivity contribution < 1.29 is 18.9 Å². The summed E-state index contributed by atoms with van der Waals surface area (Å²) in [5, 5.41) is 2.94. The fourth-order valence-electron chi connectivity index (χ4n) is 3.90. The van der Waals surface area contributed by atoms with Crippen LogP contribution in [0.5, 0.6) is 0 Å². The van der Waals surface area contributed by atoms with Gasteiger partial charge in [0.05, 0.1) is 30.6 Å². The minimum absolute atomic E-state index is 0.0252. The molecule has 2 fully saturated rings. The second kappa shape index (κ2) is 9.02. The predicted molar refractivity (Wildman–Crippen MR) is 103 cm³/mol. The molecule has 1 unspecified atom stereocenters. The fraction of sp³-hybridized carbons (Fsp3) is 0.600. The lowest BCUT2D eigenvalue weighted by molar-refractivity contribution is -0.906. The molecule has 1 atom stereocenters. The molecule has 2 heterocycles. The van der Waals surface area contributed by atoms with Gasteiger partial charge in [0, 0.05) is 31.6 Å². The van der Waals surface area contributed by atoms with Crippen LogP contribution in [-0.4, -0.2) is 44.5 Å². The standard InChI is InChI=1S/C20H27ClFN3O2/c1-14-5-9-24(10-6-14)8-2-7-23-20(27)15-11-19(26)25(13-15)16-3-4-18(22)17(21)12-16/h3-4,12,14-15H,2,5-11,13H2,1H3,(H,23,27)/p+1. The fourth-order valence-corrected chi connectivity index (χ4v) is 4.08. The summed E-state index contributed by atoms with van der Waals surface area (Å²) >= 11 is 5.80. The Kier molecular flexibility index (Phi) is 6.71. The van der Waals surface area contributed by atoms with Crippen LogP contribution in [0.25, 0.3) is 0 Å². The molecule has 27 heavy (non-hydrogen) atoms. The number of carbonyl (C=O) groups is 2. The SMILES string of the molecule is CC1CC[NH+](CCCNC(=O)C2CC(=O)N(c3ccc(F)c(Cl)c3)C2)CC1. The number of amides is 2. The third kappa shape index (κ3) is 5.20. The topological polar surface area (TPSA) is 53.9 Å². The van der Waals surface area contributed by atoms with Crippen molar-refractivity contribution in [1.82, 2.24) is 5.32 Å². The summed E-state index contributed by atoms with van der Waals surface area (Å²) in [6.07, 6.45) is 3.70. The molecule has 2 aliphatic rings. The molecule has 0 aromatic heterocycles. The van der Waals surface area contributed by atoms with Gasteiger partial charge in [-0.3, -0.25) is 9.59 Å². The Bertz CT molecular complexity index is 692. The number of likely N-dealkylation sites (tertiary alicyclic amines) is 1. The maximum absolute atomic E-state index is 13.3. The summed E-state index contributed by atoms with van der Waals surface area (Å²) in [6, 6.07) is 4.18. The van der Waals surface area contributed by atoms with Crippen LogP contribution >= 0.6 is 11.6 Å². The molecule has 0 saturated carbocycles. The maximum atomic E-state index is 13.3. The molecule has 2 aliphatic heterocycles. The van der Waals surface area contributed by atoms with E-state index in [1.165, 1.54) is 49.0 Å². The van der Waals surface area contributed by atoms with E-state index in [1.54, 1.807) is 4.90 Å². The highest BCUT2D eigenvalue weighted by Crippen LogP contribution is 2.28. The van der Waals surface area contributed by atoms with E-state index in [1.807, 2.05) is 0 Å². The number of quaternary nitrogens is 1. The molecule has 2 amide bonds. The Morgan fingerprint density at radius 2 is 2.11 bits per heavy atom. The van der Waals surface area contributed by atoms with Gasteiger partial charge < -0.3 is 15.1 Å². The summed E-state index contributed by atoms with van der Waals surface area (Å²) in [4.78, 5) is 27.8. The largest absolute Gasteiger partial charge is 0.356 e. The number of nitrogens with zero attached hydrogens (tertiary/aromatic N) is 1. The van der Waals surface area contributed by atoms with Gasteiger partial charge in [0.1, 0.15) is 5.82 Å². The molecule has 148 valence electrons. The minimum Gasteiger partial charge on any atom is -0.356 e. The third-order valence-electron chi connectivity index (χ3n) is 5.70. The van der Waals surface area contributed by atoms with Crippen molar-refractivity contribution in [1.29, 1.82) is 0 Å². The number of nitrogens with one attached hydrogen (secondary N) is 2. The molecular weight excluding hydrogens is 369 g/mol. The zero-order valence-corrected chi connectivity index (χ0v) is 16.5. The summed E-state index contributed by atoms with van der Waals surface area (Å²) < 4.78 is 13.3. The first-order valence-corrected chi connectivity index (χ1v) is 10.2. The molecule has 0 bridgehead atoms. The Balaban J connectivity index is 1.43. The van der Waals surface area contributed by atoms with Crippen molar-refractivity contribution in [2.45, 2.75) is 32.6 Å². The Labute approximate surface area is 164 Å². The predicted octanol–water partition coefficient (Wildman–Crippen LogP) is 1.65. The first-order chi connectivity index (χ1) is 12.9. The van der Waals surface area contributed by atoms with E-state index >= 15 is 0 Å². The van der Waals surface area contributed by atoms with Gasteiger partial charge in [-0.05, 0) is 37.0 Å². The third-order valence-corrected chi connectivity index (χ3v) is 5.99. The van der Waals surface area contributed by atoms with Crippen molar-refractivity contribution in [3.05, 3.63) is 29.0 Å². The highest BCUT2D eigenvalue weighted by atomic mass is 35.5. The average Bonchev–Trinajstić information content (AvgIpc) is 3.04. The summed E-state index contributed by atoms with van der Waals surface area (Å²) in [5.74, 6) is -0.269. The highest BCUT2D eigenvalue weighted by molar-refractivity contribution is 6.31. The van der Waals surface area contributed by atoms with Gasteiger partial charge >= 0.3 is 0 Å². The monoisotopic (exact) mass is 396 g/mol. The van der Waals surface area contributed by atoms with Gasteiger partial charge in [-0.1, -0.05) is 18.5 Å². The van der Waals surface area contributed by atoms with Crippen LogP contribution in [0.1, 0.15) is 32.6 Å². The number of halogens is 2. The number of carbonyl (C=O) groups excluding carboxylic acids is 2. The number of benzene rings is 1. The van der Waals surface area contributed by atoms with E-state index < -0.39 is 5.82 Å². The second-order valence-electron chi connectivity index (χ2n) is 7.83. The van der Waals surface area contributed by atoms with E-state index in [9.17, 15) is 14.0 Å². The van der Waals surface area contributed by atoms with Gasteiger partial charge in [-0.15, -0.1) is 0 Å². The number of rotatable bonds is 6. The zero-order valence-electron chi connectivity index (χ0n) is 15.8. The lowest BCUT2D eigenvalue weighted by Crippen LogP contribution is -3.13. The Morgan fingerprint density at radius 3 is 2.81 bits per heavy atom. The lowest BCUT2D eigenvalue weighted by Gasteiger charge is -2.27. The van der Waals surface area contributed by atoms with Gasteiger partial charge in [-0.25, -0.2) is 4.39 Å². The molecular formula is C20H28ClFN3O2+. The van der Waals surface area contributed by atoms with E-state index in [0.29, 0.717) is 18.8 Å². The normalized spacial score (nSPS) is 25.7. The molecule has 5 nitrogen and oxygen atoms in total. The van der Waals surface area contributed by atoms with Crippen molar-refractivity contribution in [3.8, 4) is 0 Å². The van der Waals surface area contributed by atoms with Crippen LogP contribution in [0.15, 0.2) is 18.2 Å². The number of hydrogen-bond donors (Lipinski definition) is 2. The molecule has 1 aromatic rings. The van der Waals surface area contributed by atoms with Crippen molar-refractivity contribution in [2.24, 2.45) is 11.8 Å². The molecule has 3 rings (SSSR count).